The maximum atomic E-state index is 11.6. The number of hydrogen-bond acceptors (Lipinski definition) is 6. The van der Waals surface area contributed by atoms with Crippen LogP contribution in [0, 0.1) is 0 Å². The molecule has 0 bridgehead atoms. The summed E-state index contributed by atoms with van der Waals surface area (Å²) in [5.41, 5.74) is -2.33. The van der Waals surface area contributed by atoms with Crippen LogP contribution in [0.5, 0.6) is 0 Å². The number of benzene rings is 2. The lowest BCUT2D eigenvalue weighted by Gasteiger charge is -2.11. The van der Waals surface area contributed by atoms with Crippen molar-refractivity contribution in [1.82, 2.24) is 0 Å². The smallest absolute Gasteiger partial charge is 0.336 e. The molecule has 0 amide bonds. The number of hydrogen-bond donors (Lipinski definition) is 6. The zero-order chi connectivity index (χ0) is 29.3. The maximum Gasteiger partial charge on any atom is 0.336 e. The van der Waals surface area contributed by atoms with Gasteiger partial charge < -0.3 is 30.6 Å². The highest BCUT2D eigenvalue weighted by Crippen LogP contribution is 2.23. The minimum Gasteiger partial charge on any atom is -0.478 e. The summed E-state index contributed by atoms with van der Waals surface area (Å²) in [5, 5.41) is 56.0. The third-order valence-corrected chi connectivity index (χ3v) is 6.21. The molecule has 2 rings (SSSR count). The molecule has 39 heavy (non-hydrogen) atoms. The van der Waals surface area contributed by atoms with Crippen LogP contribution in [0.4, 0.5) is 0 Å². The molecule has 0 aliphatic heterocycles. The maximum absolute atomic E-state index is 11.6. The Morgan fingerprint density at radius 1 is 0.410 bits per heavy atom. The van der Waals surface area contributed by atoms with Crippen molar-refractivity contribution < 1.29 is 59.4 Å². The summed E-state index contributed by atoms with van der Waals surface area (Å²) >= 11 is 0. The van der Waals surface area contributed by atoms with Gasteiger partial charge >= 0.3 is 35.8 Å². The molecule has 2 aromatic carbocycles. The van der Waals surface area contributed by atoms with E-state index in [4.69, 9.17) is 0 Å². The van der Waals surface area contributed by atoms with Gasteiger partial charge in [-0.2, -0.15) is 0 Å². The van der Waals surface area contributed by atoms with Crippen molar-refractivity contribution in [2.45, 2.75) is 57.8 Å². The van der Waals surface area contributed by atoms with Gasteiger partial charge in [0.25, 0.3) is 0 Å². The average molecular weight is 545 g/mol. The summed E-state index contributed by atoms with van der Waals surface area (Å²) in [6.45, 7) is 0. The van der Waals surface area contributed by atoms with Crippen molar-refractivity contribution in [2.75, 3.05) is 0 Å². The predicted molar refractivity (Wildman–Crippen MR) is 134 cm³/mol. The van der Waals surface area contributed by atoms with Gasteiger partial charge in [0.05, 0.1) is 33.4 Å². The van der Waals surface area contributed by atoms with Crippen LogP contribution < -0.4 is 0 Å². The van der Waals surface area contributed by atoms with Crippen molar-refractivity contribution in [1.29, 1.82) is 0 Å². The second-order valence-corrected chi connectivity index (χ2v) is 8.92. The van der Waals surface area contributed by atoms with Gasteiger partial charge in [-0.25, -0.2) is 28.8 Å². The fraction of sp³-hybridized carbons (Fsp3) is 0.333. The average Bonchev–Trinajstić information content (AvgIpc) is 2.85. The van der Waals surface area contributed by atoms with Gasteiger partial charge in [-0.05, 0) is 61.1 Å². The van der Waals surface area contributed by atoms with Crippen LogP contribution in [0.25, 0.3) is 0 Å². The lowest BCUT2D eigenvalue weighted by atomic mass is 9.93. The molecule has 208 valence electrons. The minimum absolute atomic E-state index is 0.137. The lowest BCUT2D eigenvalue weighted by molar-refractivity contribution is 0.0647. The van der Waals surface area contributed by atoms with Gasteiger partial charge in [-0.1, -0.05) is 32.1 Å². The monoisotopic (exact) mass is 544 g/mol. The van der Waals surface area contributed by atoms with E-state index in [1.165, 1.54) is 12.1 Å². The van der Waals surface area contributed by atoms with Gasteiger partial charge in [-0.15, -0.1) is 0 Å². The van der Waals surface area contributed by atoms with E-state index in [0.29, 0.717) is 25.7 Å². The minimum atomic E-state index is -1.53. The van der Waals surface area contributed by atoms with Crippen molar-refractivity contribution in [3.05, 3.63) is 68.8 Å². The zero-order valence-corrected chi connectivity index (χ0v) is 20.8. The number of aromatic carboxylic acids is 6. The molecule has 0 fully saturated rings. The van der Waals surface area contributed by atoms with Crippen molar-refractivity contribution >= 4 is 35.8 Å². The topological polar surface area (TPSA) is 224 Å². The second-order valence-electron chi connectivity index (χ2n) is 8.92. The molecule has 0 spiro atoms. The molecule has 0 aliphatic rings. The van der Waals surface area contributed by atoms with Gasteiger partial charge in [0.15, 0.2) is 0 Å². The SMILES string of the molecule is O=C(O)c1cc(CCCCCCCCCc2cc(C(=O)O)cc(C(=O)O)c2C(=O)O)c(C(=O)O)c(C(=O)O)c1. The van der Waals surface area contributed by atoms with Crippen LogP contribution in [-0.2, 0) is 12.8 Å². The third-order valence-electron chi connectivity index (χ3n) is 6.21. The summed E-state index contributed by atoms with van der Waals surface area (Å²) in [6, 6.07) is 4.02. The van der Waals surface area contributed by atoms with Crippen LogP contribution >= 0.6 is 0 Å². The Bertz CT molecular complexity index is 1210. The molecule has 0 unspecified atom stereocenters. The molecule has 0 saturated carbocycles. The second kappa shape index (κ2) is 13.7. The third kappa shape index (κ3) is 8.12. The van der Waals surface area contributed by atoms with Crippen LogP contribution in [0.2, 0.25) is 0 Å². The first kappa shape index (κ1) is 30.5. The number of aryl methyl sites for hydroxylation is 2. The molecule has 0 saturated heterocycles. The standard InChI is InChI=1S/C27H28O12/c28-22(29)16-10-14(20(26(36)37)18(12-16)24(32)33)8-6-4-2-1-3-5-7-9-15-11-17(23(30)31)13-19(25(34)35)21(15)27(38)39/h10-13H,1-9H2,(H,28,29)(H,30,31)(H,32,33)(H,34,35)(H,36,37)(H,38,39). The fourth-order valence-electron chi connectivity index (χ4n) is 4.40. The fourth-order valence-corrected chi connectivity index (χ4v) is 4.40. The summed E-state index contributed by atoms with van der Waals surface area (Å²) in [5.74, 6) is -8.67. The lowest BCUT2D eigenvalue weighted by Crippen LogP contribution is -2.14. The van der Waals surface area contributed by atoms with Crippen molar-refractivity contribution in [3.8, 4) is 0 Å². The molecule has 12 nitrogen and oxygen atoms in total. The highest BCUT2D eigenvalue weighted by molar-refractivity contribution is 6.06. The molecule has 2 aromatic rings. The molecule has 12 heteroatoms. The molecular weight excluding hydrogens is 516 g/mol. The van der Waals surface area contributed by atoms with E-state index in [2.05, 4.69) is 0 Å². The Hall–Kier alpha value is -4.74. The van der Waals surface area contributed by atoms with Gasteiger partial charge in [0, 0.05) is 0 Å². The van der Waals surface area contributed by atoms with E-state index >= 15 is 0 Å². The van der Waals surface area contributed by atoms with Crippen LogP contribution in [0.3, 0.4) is 0 Å². The molecule has 0 atom stereocenters. The first-order valence-electron chi connectivity index (χ1n) is 12.1. The number of carboxylic acids is 6. The van der Waals surface area contributed by atoms with Gasteiger partial charge in [0.2, 0.25) is 0 Å². The van der Waals surface area contributed by atoms with E-state index in [1.54, 1.807) is 0 Å². The first-order chi connectivity index (χ1) is 18.3. The van der Waals surface area contributed by atoms with Crippen LogP contribution in [0.1, 0.15) is 118 Å². The summed E-state index contributed by atoms with van der Waals surface area (Å²) in [4.78, 5) is 68.8. The predicted octanol–water partition coefficient (Wildman–Crippen LogP) is 4.39. The highest BCUT2D eigenvalue weighted by Gasteiger charge is 2.24. The van der Waals surface area contributed by atoms with Gasteiger partial charge in [0.1, 0.15) is 0 Å². The largest absolute Gasteiger partial charge is 0.478 e. The van der Waals surface area contributed by atoms with Crippen molar-refractivity contribution in [3.63, 3.8) is 0 Å². The highest BCUT2D eigenvalue weighted by atomic mass is 16.4. The van der Waals surface area contributed by atoms with E-state index in [0.717, 1.165) is 31.4 Å². The molecule has 6 N–H and O–H groups in total. The molecule has 0 aromatic heterocycles. The first-order valence-corrected chi connectivity index (χ1v) is 12.1. The Balaban J connectivity index is 1.90. The molecule has 0 aliphatic carbocycles. The molecule has 0 radical (unpaired) electrons. The number of carbonyl (C=O) groups is 6. The zero-order valence-electron chi connectivity index (χ0n) is 20.8. The number of rotatable bonds is 16. The summed E-state index contributed by atoms with van der Waals surface area (Å²) in [7, 11) is 0. The Morgan fingerprint density at radius 3 is 0.974 bits per heavy atom. The van der Waals surface area contributed by atoms with E-state index in [-0.39, 0.29) is 35.1 Å². The van der Waals surface area contributed by atoms with E-state index in [9.17, 15) is 59.4 Å². The molecular formula is C27H28O12. The number of unbranched alkanes of at least 4 members (excludes halogenated alkanes) is 6. The van der Waals surface area contributed by atoms with E-state index < -0.39 is 58.1 Å². The summed E-state index contributed by atoms with van der Waals surface area (Å²) in [6.07, 6.45) is 5.02. The number of carboxylic acid groups (broad SMARTS) is 6. The summed E-state index contributed by atoms with van der Waals surface area (Å²) < 4.78 is 0. The van der Waals surface area contributed by atoms with Crippen molar-refractivity contribution in [2.24, 2.45) is 0 Å². The van der Waals surface area contributed by atoms with E-state index in [1.807, 2.05) is 0 Å². The Morgan fingerprint density at radius 2 is 0.718 bits per heavy atom. The van der Waals surface area contributed by atoms with Gasteiger partial charge in [-0.3, -0.25) is 0 Å². The van der Waals surface area contributed by atoms with Crippen LogP contribution in [-0.4, -0.2) is 66.5 Å². The Kier molecular flexibility index (Phi) is 10.7. The molecule has 0 heterocycles. The quantitative estimate of drug-likeness (QED) is 0.162. The Labute approximate surface area is 222 Å². The normalized spacial score (nSPS) is 10.7. The van der Waals surface area contributed by atoms with Crippen LogP contribution in [0.15, 0.2) is 24.3 Å².